The van der Waals surface area contributed by atoms with Crippen LogP contribution in [0.5, 0.6) is 0 Å². The zero-order valence-corrected chi connectivity index (χ0v) is 14.3. The monoisotopic (exact) mass is 315 g/mol. The standard InChI is InChI=1S/C16H25N7/c1-12-19-20-15(23(12)4)10-17-16(18-13-7-8-13)22(3)11-14-6-5-9-21(14)2/h5-6,9,13H,7-8,10-11H2,1-4H3,(H,17,18). The van der Waals surface area contributed by atoms with Crippen molar-refractivity contribution >= 4 is 5.96 Å². The van der Waals surface area contributed by atoms with Crippen molar-refractivity contribution < 1.29 is 0 Å². The topological polar surface area (TPSA) is 63.3 Å². The number of nitrogens with zero attached hydrogens (tertiary/aromatic N) is 6. The maximum absolute atomic E-state index is 4.76. The number of nitrogens with one attached hydrogen (secondary N) is 1. The summed E-state index contributed by atoms with van der Waals surface area (Å²) in [5.41, 5.74) is 1.26. The minimum Gasteiger partial charge on any atom is -0.353 e. The van der Waals surface area contributed by atoms with E-state index in [9.17, 15) is 0 Å². The fraction of sp³-hybridized carbons (Fsp3) is 0.562. The van der Waals surface area contributed by atoms with Crippen LogP contribution < -0.4 is 5.32 Å². The number of hydrogen-bond acceptors (Lipinski definition) is 3. The van der Waals surface area contributed by atoms with Crippen molar-refractivity contribution in [2.24, 2.45) is 19.1 Å². The first-order chi connectivity index (χ1) is 11.0. The predicted octanol–water partition coefficient (Wildman–Crippen LogP) is 1.20. The van der Waals surface area contributed by atoms with Gasteiger partial charge in [0.1, 0.15) is 12.4 Å². The van der Waals surface area contributed by atoms with Crippen LogP contribution in [0.3, 0.4) is 0 Å². The number of rotatable bonds is 5. The van der Waals surface area contributed by atoms with Crippen LogP contribution in [0.2, 0.25) is 0 Å². The summed E-state index contributed by atoms with van der Waals surface area (Å²) in [7, 11) is 6.11. The Morgan fingerprint density at radius 2 is 2.17 bits per heavy atom. The van der Waals surface area contributed by atoms with Crippen LogP contribution in [0.15, 0.2) is 23.3 Å². The Bertz CT molecular complexity index is 693. The molecule has 3 rings (SSSR count). The highest BCUT2D eigenvalue weighted by molar-refractivity contribution is 5.80. The van der Waals surface area contributed by atoms with Gasteiger partial charge in [-0.3, -0.25) is 0 Å². The Morgan fingerprint density at radius 1 is 1.39 bits per heavy atom. The maximum atomic E-state index is 4.76. The van der Waals surface area contributed by atoms with Gasteiger partial charge < -0.3 is 19.4 Å². The van der Waals surface area contributed by atoms with Crippen LogP contribution in [0.25, 0.3) is 0 Å². The van der Waals surface area contributed by atoms with Crippen molar-refractivity contribution in [2.75, 3.05) is 7.05 Å². The molecule has 7 nitrogen and oxygen atoms in total. The summed E-state index contributed by atoms with van der Waals surface area (Å²) in [5, 5.41) is 11.8. The van der Waals surface area contributed by atoms with Gasteiger partial charge >= 0.3 is 0 Å². The van der Waals surface area contributed by atoms with Gasteiger partial charge in [-0.2, -0.15) is 0 Å². The summed E-state index contributed by atoms with van der Waals surface area (Å²) in [6.07, 6.45) is 4.51. The summed E-state index contributed by atoms with van der Waals surface area (Å²) < 4.78 is 4.12. The quantitative estimate of drug-likeness (QED) is 0.665. The molecular weight excluding hydrogens is 290 g/mol. The van der Waals surface area contributed by atoms with E-state index in [1.165, 1.54) is 18.5 Å². The van der Waals surface area contributed by atoms with Crippen LogP contribution in [0.1, 0.15) is 30.2 Å². The van der Waals surface area contributed by atoms with Gasteiger partial charge in [-0.25, -0.2) is 4.99 Å². The van der Waals surface area contributed by atoms with Gasteiger partial charge in [0.05, 0.1) is 6.54 Å². The molecule has 1 aliphatic carbocycles. The van der Waals surface area contributed by atoms with E-state index >= 15 is 0 Å². The third-order valence-electron chi connectivity index (χ3n) is 4.28. The van der Waals surface area contributed by atoms with Crippen molar-refractivity contribution in [1.82, 2.24) is 29.5 Å². The first kappa shape index (κ1) is 15.6. The molecule has 2 heterocycles. The summed E-state index contributed by atoms with van der Waals surface area (Å²) in [5.74, 6) is 2.71. The second-order valence-electron chi connectivity index (χ2n) is 6.25. The minimum absolute atomic E-state index is 0.532. The molecular formula is C16H25N7. The molecule has 0 aromatic carbocycles. The number of aryl methyl sites for hydroxylation is 2. The van der Waals surface area contributed by atoms with Gasteiger partial charge in [0, 0.05) is 39.1 Å². The highest BCUT2D eigenvalue weighted by Crippen LogP contribution is 2.19. The molecule has 7 heteroatoms. The molecule has 0 aliphatic heterocycles. The summed E-state index contributed by atoms with van der Waals surface area (Å²) in [6, 6.07) is 4.76. The molecule has 1 N–H and O–H groups in total. The fourth-order valence-electron chi connectivity index (χ4n) is 2.40. The third kappa shape index (κ3) is 3.72. The first-order valence-electron chi connectivity index (χ1n) is 8.02. The summed E-state index contributed by atoms with van der Waals surface area (Å²) in [4.78, 5) is 6.92. The SMILES string of the molecule is Cc1nnc(CN=C(NC2CC2)N(C)Cc2cccn2C)n1C. The Kier molecular flexibility index (Phi) is 4.36. The van der Waals surface area contributed by atoms with Crippen molar-refractivity contribution in [2.45, 2.75) is 38.9 Å². The van der Waals surface area contributed by atoms with Crippen molar-refractivity contribution in [3.8, 4) is 0 Å². The Hall–Kier alpha value is -2.31. The highest BCUT2D eigenvalue weighted by atomic mass is 15.3. The van der Waals surface area contributed by atoms with E-state index in [0.717, 1.165) is 24.2 Å². The Balaban J connectivity index is 1.72. The lowest BCUT2D eigenvalue weighted by Gasteiger charge is -2.22. The van der Waals surface area contributed by atoms with Crippen LogP contribution in [0.4, 0.5) is 0 Å². The lowest BCUT2D eigenvalue weighted by molar-refractivity contribution is 0.459. The molecule has 1 aliphatic rings. The smallest absolute Gasteiger partial charge is 0.194 e. The van der Waals surface area contributed by atoms with Crippen molar-refractivity contribution in [1.29, 1.82) is 0 Å². The molecule has 1 fully saturated rings. The molecule has 0 unspecified atom stereocenters. The van der Waals surface area contributed by atoms with Crippen LogP contribution in [-0.4, -0.2) is 43.3 Å². The Labute approximate surface area is 137 Å². The third-order valence-corrected chi connectivity index (χ3v) is 4.28. The minimum atomic E-state index is 0.532. The second-order valence-corrected chi connectivity index (χ2v) is 6.25. The molecule has 0 saturated heterocycles. The van der Waals surface area contributed by atoms with E-state index in [0.29, 0.717) is 12.6 Å². The van der Waals surface area contributed by atoms with E-state index in [-0.39, 0.29) is 0 Å². The lowest BCUT2D eigenvalue weighted by Crippen LogP contribution is -2.40. The normalized spacial score (nSPS) is 15.0. The van der Waals surface area contributed by atoms with Crippen molar-refractivity contribution in [3.63, 3.8) is 0 Å². The van der Waals surface area contributed by atoms with Gasteiger partial charge in [0.15, 0.2) is 11.8 Å². The highest BCUT2D eigenvalue weighted by Gasteiger charge is 2.24. The molecule has 0 atom stereocenters. The van der Waals surface area contributed by atoms with Crippen LogP contribution in [0, 0.1) is 6.92 Å². The molecule has 0 bridgehead atoms. The second kappa shape index (κ2) is 6.44. The molecule has 0 radical (unpaired) electrons. The molecule has 23 heavy (non-hydrogen) atoms. The van der Waals surface area contributed by atoms with E-state index < -0.39 is 0 Å². The van der Waals surface area contributed by atoms with Gasteiger partial charge in [-0.05, 0) is 31.9 Å². The largest absolute Gasteiger partial charge is 0.353 e. The summed E-state index contributed by atoms with van der Waals surface area (Å²) >= 11 is 0. The first-order valence-corrected chi connectivity index (χ1v) is 8.02. The molecule has 0 amide bonds. The molecule has 2 aromatic heterocycles. The number of guanidine groups is 1. The van der Waals surface area contributed by atoms with Crippen molar-refractivity contribution in [3.05, 3.63) is 35.7 Å². The maximum Gasteiger partial charge on any atom is 0.194 e. The Morgan fingerprint density at radius 3 is 2.74 bits per heavy atom. The lowest BCUT2D eigenvalue weighted by atomic mass is 10.4. The predicted molar refractivity (Wildman–Crippen MR) is 89.9 cm³/mol. The molecule has 2 aromatic rings. The molecule has 0 spiro atoms. The number of aromatic nitrogens is 4. The average Bonchev–Trinajstić information content (AvgIpc) is 3.19. The molecule has 1 saturated carbocycles. The van der Waals surface area contributed by atoms with E-state index in [4.69, 9.17) is 4.99 Å². The number of aliphatic imine (C=N–C) groups is 1. The zero-order valence-electron chi connectivity index (χ0n) is 14.3. The van der Waals surface area contributed by atoms with Crippen LogP contribution >= 0.6 is 0 Å². The van der Waals surface area contributed by atoms with Gasteiger partial charge in [0.2, 0.25) is 0 Å². The van der Waals surface area contributed by atoms with Gasteiger partial charge in [-0.1, -0.05) is 0 Å². The van der Waals surface area contributed by atoms with Gasteiger partial charge in [-0.15, -0.1) is 10.2 Å². The van der Waals surface area contributed by atoms with E-state index in [1.54, 1.807) is 0 Å². The fourth-order valence-corrected chi connectivity index (χ4v) is 2.40. The van der Waals surface area contributed by atoms with Crippen LogP contribution in [-0.2, 0) is 27.2 Å². The zero-order chi connectivity index (χ0) is 16.4. The van der Waals surface area contributed by atoms with E-state index in [1.807, 2.05) is 18.5 Å². The number of hydrogen-bond donors (Lipinski definition) is 1. The van der Waals surface area contributed by atoms with E-state index in [2.05, 4.69) is 57.4 Å². The van der Waals surface area contributed by atoms with Gasteiger partial charge in [0.25, 0.3) is 0 Å². The average molecular weight is 315 g/mol. The summed E-state index contributed by atoms with van der Waals surface area (Å²) in [6.45, 7) is 3.30. The molecule has 124 valence electrons.